The molecule has 0 radical (unpaired) electrons. The summed E-state index contributed by atoms with van der Waals surface area (Å²) in [6.07, 6.45) is 1.04. The summed E-state index contributed by atoms with van der Waals surface area (Å²) in [6.45, 7) is 0. The Morgan fingerprint density at radius 1 is 1.50 bits per heavy atom. The Morgan fingerprint density at radius 2 is 2.27 bits per heavy atom. The van der Waals surface area contributed by atoms with E-state index in [0.717, 1.165) is 6.07 Å². The molecule has 0 amide bonds. The SMILES string of the molecule is N#Cc1ccc(C2CC(O)(CC(O)O)c3cncn32)c(F)c1. The Kier molecular flexibility index (Phi) is 3.45. The second-order valence-corrected chi connectivity index (χ2v) is 5.47. The quantitative estimate of drug-likeness (QED) is 0.727. The van der Waals surface area contributed by atoms with Gasteiger partial charge in [0.15, 0.2) is 6.29 Å². The number of fused-ring (bicyclic) bond motifs is 1. The molecule has 1 aliphatic heterocycles. The molecule has 0 saturated carbocycles. The standard InChI is InChI=1S/C15H14FN3O3/c16-11-3-9(6-17)1-2-10(11)12-4-15(22,5-14(20)21)13-7-18-8-19(12)13/h1-3,7-8,12,14,20-22H,4-5H2. The predicted molar refractivity (Wildman–Crippen MR) is 72.8 cm³/mol. The zero-order valence-electron chi connectivity index (χ0n) is 11.5. The van der Waals surface area contributed by atoms with Gasteiger partial charge < -0.3 is 19.9 Å². The second-order valence-electron chi connectivity index (χ2n) is 5.47. The van der Waals surface area contributed by atoms with Gasteiger partial charge in [0.05, 0.1) is 35.9 Å². The van der Waals surface area contributed by atoms with Crippen molar-refractivity contribution in [2.45, 2.75) is 30.8 Å². The number of aliphatic hydroxyl groups is 3. The first-order valence-corrected chi connectivity index (χ1v) is 6.75. The lowest BCUT2D eigenvalue weighted by atomic mass is 9.90. The first-order valence-electron chi connectivity index (χ1n) is 6.75. The number of hydrogen-bond donors (Lipinski definition) is 3. The lowest BCUT2D eigenvalue weighted by Gasteiger charge is -2.23. The minimum absolute atomic E-state index is 0.102. The highest BCUT2D eigenvalue weighted by molar-refractivity contribution is 5.36. The average molecular weight is 303 g/mol. The van der Waals surface area contributed by atoms with E-state index < -0.39 is 23.8 Å². The van der Waals surface area contributed by atoms with E-state index in [0.29, 0.717) is 11.3 Å². The van der Waals surface area contributed by atoms with Gasteiger partial charge in [-0.05, 0) is 12.1 Å². The van der Waals surface area contributed by atoms with Crippen molar-refractivity contribution in [1.29, 1.82) is 5.26 Å². The van der Waals surface area contributed by atoms with Crippen LogP contribution in [-0.2, 0) is 5.60 Å². The second kappa shape index (κ2) is 5.18. The van der Waals surface area contributed by atoms with Crippen LogP contribution in [-0.4, -0.2) is 31.2 Å². The molecule has 0 bridgehead atoms. The molecule has 2 atom stereocenters. The molecule has 2 unspecified atom stereocenters. The van der Waals surface area contributed by atoms with Crippen LogP contribution < -0.4 is 0 Å². The smallest absolute Gasteiger partial charge is 0.154 e. The van der Waals surface area contributed by atoms with Crippen LogP contribution in [0.3, 0.4) is 0 Å². The number of nitrogens with zero attached hydrogens (tertiary/aromatic N) is 3. The lowest BCUT2D eigenvalue weighted by Crippen LogP contribution is -2.28. The third kappa shape index (κ3) is 2.27. The fourth-order valence-corrected chi connectivity index (χ4v) is 3.05. The van der Waals surface area contributed by atoms with Gasteiger partial charge in [-0.1, -0.05) is 6.07 Å². The highest BCUT2D eigenvalue weighted by Crippen LogP contribution is 2.45. The average Bonchev–Trinajstić information content (AvgIpc) is 3.02. The molecule has 6 nitrogen and oxygen atoms in total. The molecule has 22 heavy (non-hydrogen) atoms. The van der Waals surface area contributed by atoms with E-state index in [4.69, 9.17) is 5.26 Å². The molecule has 0 aliphatic carbocycles. The van der Waals surface area contributed by atoms with Crippen molar-refractivity contribution in [2.24, 2.45) is 0 Å². The first kappa shape index (κ1) is 14.7. The molecule has 114 valence electrons. The van der Waals surface area contributed by atoms with E-state index >= 15 is 0 Å². The van der Waals surface area contributed by atoms with Crippen molar-refractivity contribution in [3.8, 4) is 6.07 Å². The number of aliphatic hydroxyl groups excluding tert-OH is 1. The molecule has 3 rings (SSSR count). The van der Waals surface area contributed by atoms with E-state index in [1.54, 1.807) is 4.57 Å². The number of nitriles is 1. The van der Waals surface area contributed by atoms with Crippen LogP contribution >= 0.6 is 0 Å². The summed E-state index contributed by atoms with van der Waals surface area (Å²) < 4.78 is 15.9. The molecule has 2 heterocycles. The number of hydrogen-bond acceptors (Lipinski definition) is 5. The summed E-state index contributed by atoms with van der Waals surface area (Å²) in [5.41, 5.74) is -0.544. The maximum atomic E-state index is 14.2. The Bertz CT molecular complexity index is 753. The zero-order chi connectivity index (χ0) is 15.9. The normalized spacial score (nSPS) is 23.5. The van der Waals surface area contributed by atoms with Gasteiger partial charge >= 0.3 is 0 Å². The van der Waals surface area contributed by atoms with Crippen molar-refractivity contribution in [1.82, 2.24) is 9.55 Å². The van der Waals surface area contributed by atoms with Crippen LogP contribution in [0.25, 0.3) is 0 Å². The molecule has 3 N–H and O–H groups in total. The number of benzene rings is 1. The largest absolute Gasteiger partial charge is 0.383 e. The molecule has 7 heteroatoms. The molecule has 1 aliphatic rings. The predicted octanol–water partition coefficient (Wildman–Crippen LogP) is 0.775. The van der Waals surface area contributed by atoms with Crippen LogP contribution in [0.5, 0.6) is 0 Å². The van der Waals surface area contributed by atoms with E-state index in [1.165, 1.54) is 24.7 Å². The fraction of sp³-hybridized carbons (Fsp3) is 0.333. The van der Waals surface area contributed by atoms with Gasteiger partial charge in [-0.2, -0.15) is 5.26 Å². The van der Waals surface area contributed by atoms with Gasteiger partial charge in [0.1, 0.15) is 11.4 Å². The molecule has 1 aromatic heterocycles. The summed E-state index contributed by atoms with van der Waals surface area (Å²) in [7, 11) is 0. The van der Waals surface area contributed by atoms with Gasteiger partial charge in [0.2, 0.25) is 0 Å². The summed E-state index contributed by atoms with van der Waals surface area (Å²) in [6, 6.07) is 5.50. The fourth-order valence-electron chi connectivity index (χ4n) is 3.05. The first-order chi connectivity index (χ1) is 10.4. The van der Waals surface area contributed by atoms with E-state index in [9.17, 15) is 19.7 Å². The van der Waals surface area contributed by atoms with Crippen LogP contribution in [0.4, 0.5) is 4.39 Å². The van der Waals surface area contributed by atoms with Gasteiger partial charge in [-0.15, -0.1) is 0 Å². The Labute approximate surface area is 125 Å². The van der Waals surface area contributed by atoms with Crippen molar-refractivity contribution < 1.29 is 19.7 Å². The van der Waals surface area contributed by atoms with Gasteiger partial charge in [0.25, 0.3) is 0 Å². The Balaban J connectivity index is 2.03. The van der Waals surface area contributed by atoms with Crippen molar-refractivity contribution in [2.75, 3.05) is 0 Å². The molecular weight excluding hydrogens is 289 g/mol. The molecule has 0 spiro atoms. The molecule has 0 fully saturated rings. The number of aromatic nitrogens is 2. The Hall–Kier alpha value is -2.27. The molecule has 0 saturated heterocycles. The third-order valence-corrected chi connectivity index (χ3v) is 4.02. The number of imidazole rings is 1. The molecule has 1 aromatic carbocycles. The van der Waals surface area contributed by atoms with Crippen LogP contribution in [0, 0.1) is 17.1 Å². The highest BCUT2D eigenvalue weighted by Gasteiger charge is 2.45. The summed E-state index contributed by atoms with van der Waals surface area (Å²) in [4.78, 5) is 3.95. The molecule has 2 aromatic rings. The van der Waals surface area contributed by atoms with Gasteiger partial charge in [-0.25, -0.2) is 9.37 Å². The monoisotopic (exact) mass is 303 g/mol. The van der Waals surface area contributed by atoms with Crippen molar-refractivity contribution >= 4 is 0 Å². The minimum Gasteiger partial charge on any atom is -0.383 e. The van der Waals surface area contributed by atoms with Crippen molar-refractivity contribution in [3.63, 3.8) is 0 Å². The van der Waals surface area contributed by atoms with Crippen molar-refractivity contribution in [3.05, 3.63) is 53.4 Å². The topological polar surface area (TPSA) is 102 Å². The van der Waals surface area contributed by atoms with Crippen LogP contribution in [0.2, 0.25) is 0 Å². The van der Waals surface area contributed by atoms with Crippen LogP contribution in [0.1, 0.15) is 35.7 Å². The number of halogens is 1. The lowest BCUT2D eigenvalue weighted by molar-refractivity contribution is -0.106. The van der Waals surface area contributed by atoms with E-state index in [1.807, 2.05) is 6.07 Å². The maximum absolute atomic E-state index is 14.2. The van der Waals surface area contributed by atoms with E-state index in [2.05, 4.69) is 4.98 Å². The molecular formula is C15H14FN3O3. The minimum atomic E-state index is -1.68. The Morgan fingerprint density at radius 3 is 2.91 bits per heavy atom. The van der Waals surface area contributed by atoms with Gasteiger partial charge in [-0.3, -0.25) is 0 Å². The maximum Gasteiger partial charge on any atom is 0.154 e. The third-order valence-electron chi connectivity index (χ3n) is 4.02. The summed E-state index contributed by atoms with van der Waals surface area (Å²) in [5.74, 6) is -0.544. The summed E-state index contributed by atoms with van der Waals surface area (Å²) >= 11 is 0. The van der Waals surface area contributed by atoms with Crippen LogP contribution in [0.15, 0.2) is 30.7 Å². The summed E-state index contributed by atoms with van der Waals surface area (Å²) in [5, 5.41) is 37.8. The van der Waals surface area contributed by atoms with Gasteiger partial charge in [0, 0.05) is 18.4 Å². The zero-order valence-corrected chi connectivity index (χ0v) is 11.5. The highest BCUT2D eigenvalue weighted by atomic mass is 19.1. The number of rotatable bonds is 3. The van der Waals surface area contributed by atoms with E-state index in [-0.39, 0.29) is 18.4 Å².